The molecule has 1 aromatic rings. The van der Waals surface area contributed by atoms with Crippen LogP contribution in [-0.4, -0.2) is 34.5 Å². The number of aliphatic carboxylic acids is 1. The minimum atomic E-state index is -0.914. The zero-order valence-electron chi connectivity index (χ0n) is 16.4. The average molecular weight is 383 g/mol. The third-order valence-corrected chi connectivity index (χ3v) is 5.96. The Bertz CT molecular complexity index is 721. The van der Waals surface area contributed by atoms with E-state index in [1.165, 1.54) is 6.08 Å². The maximum absolute atomic E-state index is 10.6. The number of carbonyl (C=O) groups is 1. The molecule has 0 aliphatic carbocycles. The van der Waals surface area contributed by atoms with Crippen molar-refractivity contribution in [3.8, 4) is 0 Å². The minimum Gasteiger partial charge on any atom is -0.478 e. The van der Waals surface area contributed by atoms with Gasteiger partial charge in [0.25, 0.3) is 0 Å². The molecular formula is C24H30O4. The molecule has 0 amide bonds. The first-order chi connectivity index (χ1) is 13.6. The lowest BCUT2D eigenvalue weighted by Gasteiger charge is -2.25. The van der Waals surface area contributed by atoms with Crippen molar-refractivity contribution in [3.05, 3.63) is 72.4 Å². The van der Waals surface area contributed by atoms with Gasteiger partial charge in [0.2, 0.25) is 0 Å². The van der Waals surface area contributed by atoms with E-state index in [9.17, 15) is 9.90 Å². The zero-order chi connectivity index (χ0) is 19.9. The molecule has 0 unspecified atom stereocenters. The molecule has 0 radical (unpaired) electrons. The van der Waals surface area contributed by atoms with Crippen LogP contribution < -0.4 is 0 Å². The highest BCUT2D eigenvalue weighted by molar-refractivity contribution is 5.79. The second-order valence-corrected chi connectivity index (χ2v) is 7.79. The van der Waals surface area contributed by atoms with Crippen LogP contribution in [0.1, 0.15) is 44.1 Å². The van der Waals surface area contributed by atoms with E-state index in [0.717, 1.165) is 24.8 Å². The van der Waals surface area contributed by atoms with Gasteiger partial charge in [-0.1, -0.05) is 67.6 Å². The van der Waals surface area contributed by atoms with Gasteiger partial charge in [0.1, 0.15) is 0 Å². The summed E-state index contributed by atoms with van der Waals surface area (Å²) in [6.07, 6.45) is 14.8. The van der Waals surface area contributed by atoms with Gasteiger partial charge in [-0.05, 0) is 37.2 Å². The van der Waals surface area contributed by atoms with Crippen molar-refractivity contribution >= 4 is 5.97 Å². The molecule has 3 rings (SSSR count). The van der Waals surface area contributed by atoms with Gasteiger partial charge in [0.05, 0.1) is 18.3 Å². The largest absolute Gasteiger partial charge is 0.478 e. The van der Waals surface area contributed by atoms with Crippen molar-refractivity contribution in [2.24, 2.45) is 11.8 Å². The van der Waals surface area contributed by atoms with Gasteiger partial charge in [-0.25, -0.2) is 4.79 Å². The van der Waals surface area contributed by atoms with Crippen molar-refractivity contribution in [3.63, 3.8) is 0 Å². The Morgan fingerprint density at radius 3 is 2.68 bits per heavy atom. The third-order valence-electron chi connectivity index (χ3n) is 5.96. The molecule has 0 saturated carbocycles. The van der Waals surface area contributed by atoms with Crippen LogP contribution in [0.3, 0.4) is 0 Å². The molecule has 0 aromatic heterocycles. The summed E-state index contributed by atoms with van der Waals surface area (Å²) in [6, 6.07) is 10.1. The van der Waals surface area contributed by atoms with E-state index in [2.05, 4.69) is 24.3 Å². The topological polar surface area (TPSA) is 66.8 Å². The van der Waals surface area contributed by atoms with Crippen LogP contribution in [0, 0.1) is 11.8 Å². The van der Waals surface area contributed by atoms with E-state index in [1.54, 1.807) is 6.08 Å². The summed E-state index contributed by atoms with van der Waals surface area (Å²) in [5.74, 6) is -0.107. The fourth-order valence-electron chi connectivity index (χ4n) is 4.35. The van der Waals surface area contributed by atoms with Gasteiger partial charge in [0.15, 0.2) is 0 Å². The van der Waals surface area contributed by atoms with E-state index in [1.807, 2.05) is 37.3 Å². The molecule has 2 fully saturated rings. The van der Waals surface area contributed by atoms with Crippen LogP contribution in [0.2, 0.25) is 0 Å². The minimum absolute atomic E-state index is 0.0522. The number of carboxylic acids is 1. The Kier molecular flexibility index (Phi) is 7.24. The number of fused-ring (bicyclic) bond motifs is 2. The number of aliphatic hydroxyl groups excluding tert-OH is 1. The van der Waals surface area contributed by atoms with E-state index < -0.39 is 12.1 Å². The summed E-state index contributed by atoms with van der Waals surface area (Å²) in [5.41, 5.74) is 1.14. The predicted octanol–water partition coefficient (Wildman–Crippen LogP) is 4.48. The van der Waals surface area contributed by atoms with Gasteiger partial charge in [-0.2, -0.15) is 0 Å². The third kappa shape index (κ3) is 5.21. The second kappa shape index (κ2) is 9.85. The molecule has 28 heavy (non-hydrogen) atoms. The Morgan fingerprint density at radius 1 is 1.18 bits per heavy atom. The van der Waals surface area contributed by atoms with Gasteiger partial charge >= 0.3 is 5.97 Å². The van der Waals surface area contributed by atoms with E-state index >= 15 is 0 Å². The number of aliphatic hydroxyl groups is 1. The summed E-state index contributed by atoms with van der Waals surface area (Å²) in [5, 5.41) is 19.2. The first-order valence-corrected chi connectivity index (χ1v) is 10.2. The molecule has 2 bridgehead atoms. The van der Waals surface area contributed by atoms with Crippen LogP contribution >= 0.6 is 0 Å². The summed E-state index contributed by atoms with van der Waals surface area (Å²) in [6.45, 7) is 2.05. The van der Waals surface area contributed by atoms with Crippen molar-refractivity contribution < 1.29 is 19.7 Å². The molecule has 0 spiro atoms. The average Bonchev–Trinajstić information content (AvgIpc) is 3.30. The fraction of sp³-hybridized carbons (Fsp3) is 0.458. The normalized spacial score (nSPS) is 29.2. The lowest BCUT2D eigenvalue weighted by atomic mass is 9.77. The molecule has 2 N–H and O–H groups in total. The lowest BCUT2D eigenvalue weighted by Crippen LogP contribution is -2.26. The molecular weight excluding hydrogens is 352 g/mol. The predicted molar refractivity (Wildman–Crippen MR) is 110 cm³/mol. The molecule has 2 heterocycles. The summed E-state index contributed by atoms with van der Waals surface area (Å²) >= 11 is 0. The van der Waals surface area contributed by atoms with Crippen LogP contribution in [-0.2, 0) is 9.53 Å². The molecule has 150 valence electrons. The highest BCUT2D eigenvalue weighted by Gasteiger charge is 2.46. The van der Waals surface area contributed by atoms with Gasteiger partial charge < -0.3 is 14.9 Å². The number of carboxylic acid groups (broad SMARTS) is 1. The molecule has 2 aliphatic rings. The maximum atomic E-state index is 10.6. The quantitative estimate of drug-likeness (QED) is 0.488. The van der Waals surface area contributed by atoms with Crippen molar-refractivity contribution in [1.29, 1.82) is 0 Å². The summed E-state index contributed by atoms with van der Waals surface area (Å²) < 4.78 is 6.13. The number of hydrogen-bond donors (Lipinski definition) is 2. The Balaban J connectivity index is 1.57. The maximum Gasteiger partial charge on any atom is 0.327 e. The molecule has 4 nitrogen and oxygen atoms in total. The fourth-order valence-corrected chi connectivity index (χ4v) is 4.35. The van der Waals surface area contributed by atoms with Crippen molar-refractivity contribution in [2.45, 2.75) is 56.8 Å². The monoisotopic (exact) mass is 382 g/mol. The number of ether oxygens (including phenoxy) is 1. The molecule has 6 atom stereocenters. The first kappa shape index (κ1) is 20.6. The highest BCUT2D eigenvalue weighted by atomic mass is 16.5. The van der Waals surface area contributed by atoms with Gasteiger partial charge in [-0.3, -0.25) is 0 Å². The summed E-state index contributed by atoms with van der Waals surface area (Å²) in [4.78, 5) is 10.5. The number of benzene rings is 1. The van der Waals surface area contributed by atoms with Crippen molar-refractivity contribution in [1.82, 2.24) is 0 Å². The van der Waals surface area contributed by atoms with Crippen LogP contribution in [0.4, 0.5) is 0 Å². The number of allylic oxidation sites excluding steroid dienone is 3. The van der Waals surface area contributed by atoms with Crippen LogP contribution in [0.5, 0.6) is 0 Å². The molecule has 2 aliphatic heterocycles. The van der Waals surface area contributed by atoms with E-state index in [-0.39, 0.29) is 12.0 Å². The molecule has 2 saturated heterocycles. The zero-order valence-corrected chi connectivity index (χ0v) is 16.4. The van der Waals surface area contributed by atoms with Crippen LogP contribution in [0.25, 0.3) is 0 Å². The Morgan fingerprint density at radius 2 is 1.93 bits per heavy atom. The van der Waals surface area contributed by atoms with Crippen LogP contribution in [0.15, 0.2) is 66.8 Å². The SMILES string of the molecule is C[C@@H](c1ccccc1)[C@@H](O)/C=C/[C@H]1[C@@H](C/C=C\C/C=C/C(=O)O)[C@@H]2CC[C@H]1O2. The number of hydrogen-bond acceptors (Lipinski definition) is 3. The van der Waals surface area contributed by atoms with Gasteiger partial charge in [0, 0.05) is 17.9 Å². The van der Waals surface area contributed by atoms with Crippen molar-refractivity contribution in [2.75, 3.05) is 0 Å². The standard InChI is InChI=1S/C24H30O4/c1-17(18-9-5-4-6-10-18)21(25)14-13-20-19(22-15-16-23(20)28-22)11-7-2-3-8-12-24(26)27/h2,4-10,12-14,17,19-23,25H,3,11,15-16H2,1H3,(H,26,27)/b7-2-,12-8+,14-13+/t17-,19+,20-,21-,22-,23+/m0/s1. The Hall–Kier alpha value is -2.17. The van der Waals surface area contributed by atoms with E-state index in [4.69, 9.17) is 9.84 Å². The molecule has 1 aromatic carbocycles. The van der Waals surface area contributed by atoms with Gasteiger partial charge in [-0.15, -0.1) is 0 Å². The number of rotatable bonds is 9. The Labute approximate surface area is 167 Å². The smallest absolute Gasteiger partial charge is 0.327 e. The second-order valence-electron chi connectivity index (χ2n) is 7.79. The summed E-state index contributed by atoms with van der Waals surface area (Å²) in [7, 11) is 0. The lowest BCUT2D eigenvalue weighted by molar-refractivity contribution is -0.131. The van der Waals surface area contributed by atoms with E-state index in [0.29, 0.717) is 24.4 Å². The first-order valence-electron chi connectivity index (χ1n) is 10.2. The highest BCUT2D eigenvalue weighted by Crippen LogP contribution is 2.46. The molecule has 4 heteroatoms.